The van der Waals surface area contributed by atoms with Crippen molar-refractivity contribution in [3.05, 3.63) is 69.2 Å². The van der Waals surface area contributed by atoms with E-state index >= 15 is 0 Å². The van der Waals surface area contributed by atoms with Crippen LogP contribution in [0.2, 0.25) is 10.0 Å². The Morgan fingerprint density at radius 1 is 0.950 bits per heavy atom. The summed E-state index contributed by atoms with van der Waals surface area (Å²) in [4.78, 5) is 0. The van der Waals surface area contributed by atoms with E-state index in [2.05, 4.69) is 0 Å². The Kier molecular flexibility index (Phi) is 4.97. The number of hydrogen-bond acceptors (Lipinski definition) is 1. The first-order chi connectivity index (χ1) is 9.47. The van der Waals surface area contributed by atoms with E-state index in [4.69, 9.17) is 23.2 Å². The molecule has 0 saturated carbocycles. The maximum absolute atomic E-state index is 13.6. The van der Waals surface area contributed by atoms with E-state index in [0.717, 1.165) is 0 Å². The summed E-state index contributed by atoms with van der Waals surface area (Å²) >= 11 is 11.5. The van der Waals surface area contributed by atoms with Gasteiger partial charge in [-0.3, -0.25) is 0 Å². The first kappa shape index (κ1) is 15.2. The summed E-state index contributed by atoms with van der Waals surface area (Å²) in [7, 11) is 0. The van der Waals surface area contributed by atoms with Gasteiger partial charge in [-0.15, -0.1) is 0 Å². The minimum absolute atomic E-state index is 0.0281. The minimum Gasteiger partial charge on any atom is -0.392 e. The molecular formula is C15H12Cl2F2O. The molecule has 5 heteroatoms. The summed E-state index contributed by atoms with van der Waals surface area (Å²) in [5, 5.41) is 10.3. The summed E-state index contributed by atoms with van der Waals surface area (Å²) in [6.07, 6.45) is -0.598. The van der Waals surface area contributed by atoms with Crippen molar-refractivity contribution in [2.75, 3.05) is 0 Å². The van der Waals surface area contributed by atoms with Gasteiger partial charge in [0.15, 0.2) is 0 Å². The molecule has 2 aromatic rings. The van der Waals surface area contributed by atoms with Gasteiger partial charge in [-0.1, -0.05) is 35.3 Å². The van der Waals surface area contributed by atoms with Crippen molar-refractivity contribution in [2.45, 2.75) is 18.9 Å². The summed E-state index contributed by atoms with van der Waals surface area (Å²) < 4.78 is 26.9. The van der Waals surface area contributed by atoms with Gasteiger partial charge in [0.1, 0.15) is 11.6 Å². The number of aliphatic hydroxyl groups is 1. The standard InChI is InChI=1S/C15H12Cl2F2O/c16-12-2-1-3-14(18)11(12)8-10(20)6-9-4-5-13(17)15(19)7-9/h1-5,7,10,20H,6,8H2. The average molecular weight is 317 g/mol. The summed E-state index contributed by atoms with van der Waals surface area (Å²) in [5.41, 5.74) is 0.850. The molecule has 1 nitrogen and oxygen atoms in total. The molecule has 0 aliphatic heterocycles. The third-order valence-corrected chi connectivity index (χ3v) is 3.62. The summed E-state index contributed by atoms with van der Waals surface area (Å²) in [5.74, 6) is -1.00. The van der Waals surface area contributed by atoms with Gasteiger partial charge in [-0.25, -0.2) is 8.78 Å². The molecule has 0 aliphatic rings. The highest BCUT2D eigenvalue weighted by Gasteiger charge is 2.14. The van der Waals surface area contributed by atoms with Crippen molar-refractivity contribution in [2.24, 2.45) is 0 Å². The lowest BCUT2D eigenvalue weighted by atomic mass is 10.0. The molecule has 106 valence electrons. The molecule has 1 atom stereocenters. The molecule has 20 heavy (non-hydrogen) atoms. The van der Waals surface area contributed by atoms with Crippen molar-refractivity contribution in [1.82, 2.24) is 0 Å². The van der Waals surface area contributed by atoms with Gasteiger partial charge in [-0.05, 0) is 36.2 Å². The normalized spacial score (nSPS) is 12.4. The smallest absolute Gasteiger partial charge is 0.142 e. The maximum atomic E-state index is 13.6. The first-order valence-electron chi connectivity index (χ1n) is 6.02. The number of benzene rings is 2. The molecule has 0 aliphatic carbocycles. The van der Waals surface area contributed by atoms with Gasteiger partial charge in [0.2, 0.25) is 0 Å². The van der Waals surface area contributed by atoms with Crippen LogP contribution in [0.1, 0.15) is 11.1 Å². The highest BCUT2D eigenvalue weighted by molar-refractivity contribution is 6.31. The topological polar surface area (TPSA) is 20.2 Å². The largest absolute Gasteiger partial charge is 0.392 e. The van der Waals surface area contributed by atoms with Crippen LogP contribution in [0, 0.1) is 11.6 Å². The van der Waals surface area contributed by atoms with Gasteiger partial charge >= 0.3 is 0 Å². The lowest BCUT2D eigenvalue weighted by molar-refractivity contribution is 0.174. The molecule has 0 amide bonds. The summed E-state index contributed by atoms with van der Waals surface area (Å²) in [6.45, 7) is 0. The number of halogens is 4. The van der Waals surface area contributed by atoms with Crippen LogP contribution in [-0.4, -0.2) is 11.2 Å². The van der Waals surface area contributed by atoms with E-state index < -0.39 is 17.7 Å². The monoisotopic (exact) mass is 316 g/mol. The molecule has 0 saturated heterocycles. The van der Waals surface area contributed by atoms with E-state index in [1.165, 1.54) is 24.3 Å². The second kappa shape index (κ2) is 6.53. The number of rotatable bonds is 4. The Balaban J connectivity index is 2.09. The van der Waals surface area contributed by atoms with Gasteiger partial charge in [0, 0.05) is 17.0 Å². The third kappa shape index (κ3) is 3.69. The average Bonchev–Trinajstić information content (AvgIpc) is 2.38. The van der Waals surface area contributed by atoms with Crippen LogP contribution in [0.15, 0.2) is 36.4 Å². The van der Waals surface area contributed by atoms with E-state index in [1.807, 2.05) is 0 Å². The predicted molar refractivity (Wildman–Crippen MR) is 76.2 cm³/mol. The fourth-order valence-corrected chi connectivity index (χ4v) is 2.33. The molecule has 0 heterocycles. The molecule has 2 aromatic carbocycles. The molecule has 1 unspecified atom stereocenters. The Bertz CT molecular complexity index is 597. The number of hydrogen-bond donors (Lipinski definition) is 1. The van der Waals surface area contributed by atoms with Gasteiger partial charge in [-0.2, -0.15) is 0 Å². The fourth-order valence-electron chi connectivity index (χ4n) is 1.97. The molecule has 1 N–H and O–H groups in total. The van der Waals surface area contributed by atoms with Crippen LogP contribution >= 0.6 is 23.2 Å². The van der Waals surface area contributed by atoms with E-state index in [0.29, 0.717) is 5.56 Å². The van der Waals surface area contributed by atoms with Crippen molar-refractivity contribution in [3.63, 3.8) is 0 Å². The second-order valence-electron chi connectivity index (χ2n) is 4.51. The maximum Gasteiger partial charge on any atom is 0.142 e. The zero-order chi connectivity index (χ0) is 14.7. The Labute approximate surface area is 125 Å². The Hall–Kier alpha value is -1.16. The van der Waals surface area contributed by atoms with E-state index in [9.17, 15) is 13.9 Å². The third-order valence-electron chi connectivity index (χ3n) is 2.96. The minimum atomic E-state index is -0.857. The Morgan fingerprint density at radius 2 is 1.70 bits per heavy atom. The van der Waals surface area contributed by atoms with Crippen molar-refractivity contribution in [3.8, 4) is 0 Å². The quantitative estimate of drug-likeness (QED) is 0.885. The van der Waals surface area contributed by atoms with Crippen molar-refractivity contribution < 1.29 is 13.9 Å². The molecule has 0 radical (unpaired) electrons. The van der Waals surface area contributed by atoms with Crippen LogP contribution in [0.5, 0.6) is 0 Å². The molecular weight excluding hydrogens is 305 g/mol. The predicted octanol–water partition coefficient (Wildman–Crippen LogP) is 4.42. The van der Waals surface area contributed by atoms with Crippen LogP contribution in [0.25, 0.3) is 0 Å². The molecule has 2 rings (SSSR count). The molecule has 0 bridgehead atoms. The van der Waals surface area contributed by atoms with Crippen LogP contribution in [0.3, 0.4) is 0 Å². The highest BCUT2D eigenvalue weighted by Crippen LogP contribution is 2.22. The zero-order valence-corrected chi connectivity index (χ0v) is 11.9. The van der Waals surface area contributed by atoms with E-state index in [1.54, 1.807) is 12.1 Å². The van der Waals surface area contributed by atoms with Gasteiger partial charge in [0.25, 0.3) is 0 Å². The molecule has 0 spiro atoms. The molecule has 0 fully saturated rings. The zero-order valence-electron chi connectivity index (χ0n) is 10.4. The van der Waals surface area contributed by atoms with Crippen molar-refractivity contribution >= 4 is 23.2 Å². The number of aliphatic hydroxyl groups excluding tert-OH is 1. The summed E-state index contributed by atoms with van der Waals surface area (Å²) in [6, 6.07) is 8.66. The SMILES string of the molecule is OC(Cc1ccc(Cl)c(F)c1)Cc1c(F)cccc1Cl. The Morgan fingerprint density at radius 3 is 2.35 bits per heavy atom. The fraction of sp³-hybridized carbons (Fsp3) is 0.200. The van der Waals surface area contributed by atoms with Crippen LogP contribution in [0.4, 0.5) is 8.78 Å². The first-order valence-corrected chi connectivity index (χ1v) is 6.78. The second-order valence-corrected chi connectivity index (χ2v) is 5.33. The van der Waals surface area contributed by atoms with Crippen molar-refractivity contribution in [1.29, 1.82) is 0 Å². The lowest BCUT2D eigenvalue weighted by Gasteiger charge is -2.13. The lowest BCUT2D eigenvalue weighted by Crippen LogP contribution is -2.15. The highest BCUT2D eigenvalue weighted by atomic mass is 35.5. The van der Waals surface area contributed by atoms with Crippen LogP contribution < -0.4 is 0 Å². The van der Waals surface area contributed by atoms with Gasteiger partial charge < -0.3 is 5.11 Å². The van der Waals surface area contributed by atoms with Crippen LogP contribution in [-0.2, 0) is 12.8 Å². The molecule has 0 aromatic heterocycles. The van der Waals surface area contributed by atoms with Gasteiger partial charge in [0.05, 0.1) is 11.1 Å². The van der Waals surface area contributed by atoms with E-state index in [-0.39, 0.29) is 28.5 Å².